The van der Waals surface area contributed by atoms with Crippen molar-refractivity contribution >= 4 is 23.1 Å². The van der Waals surface area contributed by atoms with Crippen molar-refractivity contribution in [3.05, 3.63) is 93.5 Å². The van der Waals surface area contributed by atoms with Gasteiger partial charge in [0.2, 0.25) is 0 Å². The lowest BCUT2D eigenvalue weighted by atomic mass is 9.74. The van der Waals surface area contributed by atoms with E-state index in [1.165, 1.54) is 38.5 Å². The normalized spacial score (nSPS) is 17.6. The molecule has 2 N–H and O–H groups in total. The number of hydrogen-bond donors (Lipinski definition) is 2. The van der Waals surface area contributed by atoms with Crippen molar-refractivity contribution in [3.63, 3.8) is 0 Å². The molecule has 0 fully saturated rings. The van der Waals surface area contributed by atoms with Gasteiger partial charge in [-0.1, -0.05) is 12.1 Å². The van der Waals surface area contributed by atoms with Gasteiger partial charge in [-0.2, -0.15) is 0 Å². The molecule has 2 atom stereocenters. The number of nitrogens with one attached hydrogen (secondary N) is 1. The maximum Gasteiger partial charge on any atom is 0.269 e. The zero-order valence-electron chi connectivity index (χ0n) is 17.8. The SMILES string of the molecule is COc1ccc(C(=O)C(c2ccc(OC)cc2)C2(O)C(=O)Nc3ccc([N+](=O)[O-])cc32)cc1. The van der Waals surface area contributed by atoms with Crippen LogP contribution in [-0.2, 0) is 10.4 Å². The summed E-state index contributed by atoms with van der Waals surface area (Å²) in [7, 11) is 2.98. The Bertz CT molecular complexity index is 1240. The van der Waals surface area contributed by atoms with Crippen molar-refractivity contribution in [2.24, 2.45) is 0 Å². The van der Waals surface area contributed by atoms with Crippen LogP contribution in [0.15, 0.2) is 66.7 Å². The fourth-order valence-corrected chi connectivity index (χ4v) is 4.00. The zero-order valence-corrected chi connectivity index (χ0v) is 17.8. The van der Waals surface area contributed by atoms with Crippen LogP contribution >= 0.6 is 0 Å². The highest BCUT2D eigenvalue weighted by atomic mass is 16.6. The molecule has 0 radical (unpaired) electrons. The second-order valence-corrected chi connectivity index (χ2v) is 7.51. The second-order valence-electron chi connectivity index (χ2n) is 7.51. The summed E-state index contributed by atoms with van der Waals surface area (Å²) in [6, 6.07) is 16.3. The molecule has 9 nitrogen and oxygen atoms in total. The summed E-state index contributed by atoms with van der Waals surface area (Å²) in [4.78, 5) is 37.5. The Labute approximate surface area is 188 Å². The van der Waals surface area contributed by atoms with Gasteiger partial charge in [-0.05, 0) is 48.0 Å². The Kier molecular flexibility index (Phi) is 5.57. The smallest absolute Gasteiger partial charge is 0.269 e. The van der Waals surface area contributed by atoms with E-state index in [9.17, 15) is 24.8 Å². The number of ketones is 1. The van der Waals surface area contributed by atoms with Crippen LogP contribution in [0.4, 0.5) is 11.4 Å². The summed E-state index contributed by atoms with van der Waals surface area (Å²) >= 11 is 0. The molecule has 33 heavy (non-hydrogen) atoms. The molecule has 1 heterocycles. The van der Waals surface area contributed by atoms with Crippen LogP contribution in [0, 0.1) is 10.1 Å². The fraction of sp³-hybridized carbons (Fsp3) is 0.167. The monoisotopic (exact) mass is 448 g/mol. The quantitative estimate of drug-likeness (QED) is 0.322. The molecular weight excluding hydrogens is 428 g/mol. The number of ether oxygens (including phenoxy) is 2. The number of carbonyl (C=O) groups excluding carboxylic acids is 2. The van der Waals surface area contributed by atoms with Crippen molar-refractivity contribution in [2.45, 2.75) is 11.5 Å². The van der Waals surface area contributed by atoms with E-state index in [4.69, 9.17) is 9.47 Å². The molecule has 0 spiro atoms. The van der Waals surface area contributed by atoms with Crippen LogP contribution in [0.1, 0.15) is 27.4 Å². The topological polar surface area (TPSA) is 128 Å². The number of nitro benzene ring substituents is 1. The summed E-state index contributed by atoms with van der Waals surface area (Å²) in [5.41, 5.74) is -1.95. The van der Waals surface area contributed by atoms with Crippen molar-refractivity contribution in [1.29, 1.82) is 0 Å². The van der Waals surface area contributed by atoms with E-state index in [0.29, 0.717) is 17.1 Å². The molecule has 0 aromatic heterocycles. The lowest BCUT2D eigenvalue weighted by Crippen LogP contribution is -2.44. The highest BCUT2D eigenvalue weighted by Crippen LogP contribution is 2.48. The number of anilines is 1. The second kappa shape index (κ2) is 8.36. The highest BCUT2D eigenvalue weighted by Gasteiger charge is 2.55. The van der Waals surface area contributed by atoms with E-state index in [1.807, 2.05) is 0 Å². The minimum atomic E-state index is -2.38. The van der Waals surface area contributed by atoms with Crippen molar-refractivity contribution in [2.75, 3.05) is 19.5 Å². The number of amides is 1. The van der Waals surface area contributed by atoms with Crippen molar-refractivity contribution < 1.29 is 29.1 Å². The predicted molar refractivity (Wildman–Crippen MR) is 119 cm³/mol. The Morgan fingerprint density at radius 2 is 1.58 bits per heavy atom. The number of methoxy groups -OCH3 is 2. The van der Waals surface area contributed by atoms with Crippen LogP contribution in [0.5, 0.6) is 11.5 Å². The van der Waals surface area contributed by atoms with E-state index in [0.717, 1.165) is 6.07 Å². The Hall–Kier alpha value is -4.24. The molecule has 1 aliphatic heterocycles. The molecule has 1 amide bonds. The molecule has 0 saturated carbocycles. The molecule has 2 unspecified atom stereocenters. The van der Waals surface area contributed by atoms with Crippen LogP contribution in [0.2, 0.25) is 0 Å². The number of fused-ring (bicyclic) bond motifs is 1. The number of non-ortho nitro benzene ring substituents is 1. The number of aliphatic hydroxyl groups is 1. The molecule has 0 saturated heterocycles. The molecule has 4 rings (SSSR count). The third-order valence-electron chi connectivity index (χ3n) is 5.72. The lowest BCUT2D eigenvalue weighted by molar-refractivity contribution is -0.385. The van der Waals surface area contributed by atoms with Gasteiger partial charge in [-0.25, -0.2) is 0 Å². The van der Waals surface area contributed by atoms with Gasteiger partial charge in [0.05, 0.1) is 25.1 Å². The number of nitrogens with zero attached hydrogens (tertiary/aromatic N) is 1. The van der Waals surface area contributed by atoms with Gasteiger partial charge in [0, 0.05) is 28.9 Å². The largest absolute Gasteiger partial charge is 0.497 e. The summed E-state index contributed by atoms with van der Waals surface area (Å²) < 4.78 is 10.3. The molecule has 3 aromatic rings. The maximum atomic E-state index is 13.7. The van der Waals surface area contributed by atoms with E-state index in [-0.39, 0.29) is 22.5 Å². The first-order valence-corrected chi connectivity index (χ1v) is 9.94. The van der Waals surface area contributed by atoms with Crippen molar-refractivity contribution in [3.8, 4) is 11.5 Å². The molecular formula is C24H20N2O7. The number of benzene rings is 3. The van der Waals surface area contributed by atoms with Gasteiger partial charge in [-0.15, -0.1) is 0 Å². The summed E-state index contributed by atoms with van der Waals surface area (Å²) in [5, 5.41) is 25.7. The summed E-state index contributed by atoms with van der Waals surface area (Å²) in [6.45, 7) is 0. The van der Waals surface area contributed by atoms with Crippen LogP contribution in [0.3, 0.4) is 0 Å². The van der Waals surface area contributed by atoms with E-state index in [1.54, 1.807) is 36.4 Å². The third-order valence-corrected chi connectivity index (χ3v) is 5.72. The van der Waals surface area contributed by atoms with Gasteiger partial charge in [-0.3, -0.25) is 19.7 Å². The first-order chi connectivity index (χ1) is 15.8. The van der Waals surface area contributed by atoms with Crippen LogP contribution in [-0.4, -0.2) is 35.9 Å². The Morgan fingerprint density at radius 1 is 1.00 bits per heavy atom. The first-order valence-electron chi connectivity index (χ1n) is 9.94. The van der Waals surface area contributed by atoms with E-state index >= 15 is 0 Å². The zero-order chi connectivity index (χ0) is 23.8. The standard InChI is InChI=1S/C24H20N2O7/c1-32-17-8-3-14(4-9-17)21(22(27)15-5-10-18(33-2)11-6-15)24(29)19-13-16(26(30)31)7-12-20(19)25-23(24)28/h3-13,21,29H,1-2H3,(H,25,28). The van der Waals surface area contributed by atoms with Gasteiger partial charge in [0.15, 0.2) is 11.4 Å². The summed E-state index contributed by atoms with van der Waals surface area (Å²) in [5.74, 6) is -1.72. The van der Waals surface area contributed by atoms with Gasteiger partial charge < -0.3 is 19.9 Å². The number of nitro groups is 1. The average Bonchev–Trinajstić information content (AvgIpc) is 3.09. The molecule has 168 valence electrons. The van der Waals surface area contributed by atoms with Crippen LogP contribution in [0.25, 0.3) is 0 Å². The molecule has 0 aliphatic carbocycles. The fourth-order valence-electron chi connectivity index (χ4n) is 4.00. The Balaban J connectivity index is 1.90. The number of carbonyl (C=O) groups is 2. The number of Topliss-reactive ketones (excluding diaryl/α,β-unsaturated/α-hetero) is 1. The molecule has 3 aromatic carbocycles. The maximum absolute atomic E-state index is 13.7. The van der Waals surface area contributed by atoms with Gasteiger partial charge in [0.25, 0.3) is 11.6 Å². The summed E-state index contributed by atoms with van der Waals surface area (Å²) in [6.07, 6.45) is 0. The van der Waals surface area contributed by atoms with E-state index in [2.05, 4.69) is 5.32 Å². The highest BCUT2D eigenvalue weighted by molar-refractivity contribution is 6.12. The first kappa shape index (κ1) is 22.0. The number of rotatable bonds is 7. The predicted octanol–water partition coefficient (Wildman–Crippen LogP) is 3.42. The minimum absolute atomic E-state index is 0.0376. The minimum Gasteiger partial charge on any atom is -0.497 e. The van der Waals surface area contributed by atoms with Crippen molar-refractivity contribution in [1.82, 2.24) is 0 Å². The lowest BCUT2D eigenvalue weighted by Gasteiger charge is -2.30. The third kappa shape index (κ3) is 3.68. The number of hydrogen-bond acceptors (Lipinski definition) is 7. The molecule has 1 aliphatic rings. The average molecular weight is 448 g/mol. The molecule has 9 heteroatoms. The molecule has 0 bridgehead atoms. The Morgan fingerprint density at radius 3 is 2.12 bits per heavy atom. The van der Waals surface area contributed by atoms with Gasteiger partial charge >= 0.3 is 0 Å². The van der Waals surface area contributed by atoms with Gasteiger partial charge in [0.1, 0.15) is 11.5 Å². The van der Waals surface area contributed by atoms with E-state index < -0.39 is 28.1 Å². The van der Waals surface area contributed by atoms with Crippen LogP contribution < -0.4 is 14.8 Å².